The maximum atomic E-state index is 12.3. The molecule has 1 aliphatic heterocycles. The fourth-order valence-electron chi connectivity index (χ4n) is 2.75. The van der Waals surface area contributed by atoms with Crippen LogP contribution in [0.2, 0.25) is 0 Å². The zero-order valence-electron chi connectivity index (χ0n) is 13.9. The summed E-state index contributed by atoms with van der Waals surface area (Å²) in [5.74, 6) is 0.258. The zero-order chi connectivity index (χ0) is 16.3. The molecule has 1 heterocycles. The summed E-state index contributed by atoms with van der Waals surface area (Å²) in [5, 5.41) is 2.93. The van der Waals surface area contributed by atoms with E-state index in [2.05, 4.69) is 26.1 Å². The molecule has 22 heavy (non-hydrogen) atoms. The van der Waals surface area contributed by atoms with Gasteiger partial charge in [-0.1, -0.05) is 32.9 Å². The van der Waals surface area contributed by atoms with E-state index in [0.717, 1.165) is 12.1 Å². The van der Waals surface area contributed by atoms with Crippen LogP contribution >= 0.6 is 0 Å². The summed E-state index contributed by atoms with van der Waals surface area (Å²) in [7, 11) is 0. The quantitative estimate of drug-likeness (QED) is 0.906. The van der Waals surface area contributed by atoms with E-state index >= 15 is 0 Å². The molecule has 1 aliphatic rings. The number of amides is 2. The van der Waals surface area contributed by atoms with Gasteiger partial charge in [-0.05, 0) is 37.0 Å². The van der Waals surface area contributed by atoms with Crippen LogP contribution in [-0.2, 0) is 9.59 Å². The zero-order valence-corrected chi connectivity index (χ0v) is 13.9. The van der Waals surface area contributed by atoms with E-state index in [-0.39, 0.29) is 23.8 Å². The van der Waals surface area contributed by atoms with E-state index in [0.29, 0.717) is 18.9 Å². The summed E-state index contributed by atoms with van der Waals surface area (Å²) in [6.45, 7) is 8.90. The highest BCUT2D eigenvalue weighted by Gasteiger charge is 2.36. The minimum Gasteiger partial charge on any atom is -0.339 e. The molecule has 0 radical (unpaired) electrons. The lowest BCUT2D eigenvalue weighted by molar-refractivity contribution is -0.129. The Balaban J connectivity index is 1.97. The first-order chi connectivity index (χ1) is 10.4. The number of likely N-dealkylation sites (tertiary alicyclic amines) is 1. The molecule has 0 bridgehead atoms. The van der Waals surface area contributed by atoms with E-state index in [4.69, 9.17) is 0 Å². The van der Waals surface area contributed by atoms with E-state index in [9.17, 15) is 9.59 Å². The summed E-state index contributed by atoms with van der Waals surface area (Å²) in [6.07, 6.45) is 1.23. The summed E-state index contributed by atoms with van der Waals surface area (Å²) in [4.78, 5) is 26.2. The first kappa shape index (κ1) is 16.5. The van der Waals surface area contributed by atoms with E-state index in [1.807, 2.05) is 36.1 Å². The molecule has 1 fully saturated rings. The van der Waals surface area contributed by atoms with Crippen molar-refractivity contribution in [3.8, 4) is 0 Å². The van der Waals surface area contributed by atoms with Crippen molar-refractivity contribution in [3.63, 3.8) is 0 Å². The van der Waals surface area contributed by atoms with E-state index < -0.39 is 0 Å². The Kier molecular flexibility index (Phi) is 5.22. The van der Waals surface area contributed by atoms with Gasteiger partial charge in [0.05, 0.1) is 5.92 Å². The second kappa shape index (κ2) is 6.95. The SMILES string of the molecule is CCC(C)N1CC(C(=O)Nc2ccc(C(C)C)cc2)CC1=O. The lowest BCUT2D eigenvalue weighted by atomic mass is 10.0. The Hall–Kier alpha value is -1.84. The number of carbonyl (C=O) groups is 2. The van der Waals surface area contributed by atoms with Crippen molar-refractivity contribution in [2.75, 3.05) is 11.9 Å². The minimum absolute atomic E-state index is 0.0588. The maximum Gasteiger partial charge on any atom is 0.229 e. The lowest BCUT2D eigenvalue weighted by Gasteiger charge is -2.23. The van der Waals surface area contributed by atoms with Crippen LogP contribution in [0.3, 0.4) is 0 Å². The second-order valence-corrected chi connectivity index (χ2v) is 6.47. The average Bonchev–Trinajstić information content (AvgIpc) is 2.89. The number of hydrogen-bond donors (Lipinski definition) is 1. The fraction of sp³-hybridized carbons (Fsp3) is 0.556. The van der Waals surface area contributed by atoms with Gasteiger partial charge in [0.2, 0.25) is 11.8 Å². The number of benzene rings is 1. The molecule has 1 aromatic carbocycles. The van der Waals surface area contributed by atoms with Crippen molar-refractivity contribution in [1.29, 1.82) is 0 Å². The standard InChI is InChI=1S/C18H26N2O2/c1-5-13(4)20-11-15(10-17(20)21)18(22)19-16-8-6-14(7-9-16)12(2)3/h6-9,12-13,15H,5,10-11H2,1-4H3,(H,19,22). The van der Waals surface area contributed by atoms with Gasteiger partial charge in [-0.2, -0.15) is 0 Å². The molecule has 0 aliphatic carbocycles. The average molecular weight is 302 g/mol. The predicted octanol–water partition coefficient (Wildman–Crippen LogP) is 3.40. The van der Waals surface area contributed by atoms with Crippen LogP contribution in [0.15, 0.2) is 24.3 Å². The molecule has 4 nitrogen and oxygen atoms in total. The monoisotopic (exact) mass is 302 g/mol. The smallest absolute Gasteiger partial charge is 0.229 e. The van der Waals surface area contributed by atoms with E-state index in [1.165, 1.54) is 5.56 Å². The summed E-state index contributed by atoms with van der Waals surface area (Å²) < 4.78 is 0. The number of hydrogen-bond acceptors (Lipinski definition) is 2. The number of nitrogens with zero attached hydrogens (tertiary/aromatic N) is 1. The Morgan fingerprint density at radius 3 is 2.45 bits per heavy atom. The Labute approximate surface area is 132 Å². The Morgan fingerprint density at radius 1 is 1.27 bits per heavy atom. The van der Waals surface area contributed by atoms with Gasteiger partial charge in [-0.15, -0.1) is 0 Å². The van der Waals surface area contributed by atoms with Gasteiger partial charge < -0.3 is 10.2 Å². The van der Waals surface area contributed by atoms with Crippen molar-refractivity contribution in [1.82, 2.24) is 4.90 Å². The molecule has 1 aromatic rings. The third-order valence-corrected chi connectivity index (χ3v) is 4.50. The third-order valence-electron chi connectivity index (χ3n) is 4.50. The molecule has 2 rings (SSSR count). The van der Waals surface area contributed by atoms with Gasteiger partial charge in [0.1, 0.15) is 0 Å². The van der Waals surface area contributed by atoms with Crippen LogP contribution in [0.25, 0.3) is 0 Å². The van der Waals surface area contributed by atoms with Crippen LogP contribution in [0, 0.1) is 5.92 Å². The normalized spacial score (nSPS) is 19.6. The maximum absolute atomic E-state index is 12.3. The Bertz CT molecular complexity index is 537. The topological polar surface area (TPSA) is 49.4 Å². The van der Waals surface area contributed by atoms with Crippen molar-refractivity contribution >= 4 is 17.5 Å². The number of carbonyl (C=O) groups excluding carboxylic acids is 2. The highest BCUT2D eigenvalue weighted by atomic mass is 16.2. The first-order valence-electron chi connectivity index (χ1n) is 8.12. The van der Waals surface area contributed by atoms with Gasteiger partial charge in [0, 0.05) is 24.7 Å². The molecule has 0 aromatic heterocycles. The van der Waals surface area contributed by atoms with Crippen LogP contribution in [-0.4, -0.2) is 29.3 Å². The fourth-order valence-corrected chi connectivity index (χ4v) is 2.75. The van der Waals surface area contributed by atoms with Crippen LogP contribution < -0.4 is 5.32 Å². The van der Waals surface area contributed by atoms with Gasteiger partial charge in [-0.3, -0.25) is 9.59 Å². The van der Waals surface area contributed by atoms with Crippen molar-refractivity contribution in [3.05, 3.63) is 29.8 Å². The first-order valence-corrected chi connectivity index (χ1v) is 8.12. The number of rotatable bonds is 5. The molecular weight excluding hydrogens is 276 g/mol. The summed E-state index contributed by atoms with van der Waals surface area (Å²) in [6, 6.07) is 8.12. The molecule has 1 N–H and O–H groups in total. The molecular formula is C18H26N2O2. The van der Waals surface area contributed by atoms with Crippen LogP contribution in [0.4, 0.5) is 5.69 Å². The Morgan fingerprint density at radius 2 is 1.91 bits per heavy atom. The van der Waals surface area contributed by atoms with Gasteiger partial charge >= 0.3 is 0 Å². The molecule has 2 unspecified atom stereocenters. The lowest BCUT2D eigenvalue weighted by Crippen LogP contribution is -2.35. The van der Waals surface area contributed by atoms with Gasteiger partial charge in [0.15, 0.2) is 0 Å². The van der Waals surface area contributed by atoms with Crippen molar-refractivity contribution < 1.29 is 9.59 Å². The predicted molar refractivity (Wildman–Crippen MR) is 88.7 cm³/mol. The minimum atomic E-state index is -0.244. The molecule has 0 saturated carbocycles. The van der Waals surface area contributed by atoms with Crippen molar-refractivity contribution in [2.24, 2.45) is 5.92 Å². The van der Waals surface area contributed by atoms with Crippen molar-refractivity contribution in [2.45, 2.75) is 52.5 Å². The third kappa shape index (κ3) is 3.67. The number of anilines is 1. The molecule has 2 atom stereocenters. The van der Waals surface area contributed by atoms with E-state index in [1.54, 1.807) is 0 Å². The van der Waals surface area contributed by atoms with Gasteiger partial charge in [-0.25, -0.2) is 0 Å². The van der Waals surface area contributed by atoms with Crippen LogP contribution in [0.1, 0.15) is 52.0 Å². The molecule has 1 saturated heterocycles. The highest BCUT2D eigenvalue weighted by molar-refractivity contribution is 5.97. The number of nitrogens with one attached hydrogen (secondary N) is 1. The summed E-state index contributed by atoms with van der Waals surface area (Å²) >= 11 is 0. The summed E-state index contributed by atoms with van der Waals surface area (Å²) in [5.41, 5.74) is 2.04. The molecule has 120 valence electrons. The second-order valence-electron chi connectivity index (χ2n) is 6.47. The van der Waals surface area contributed by atoms with Gasteiger partial charge in [0.25, 0.3) is 0 Å². The largest absolute Gasteiger partial charge is 0.339 e. The highest BCUT2D eigenvalue weighted by Crippen LogP contribution is 2.23. The molecule has 2 amide bonds. The molecule has 0 spiro atoms. The molecule has 4 heteroatoms. The van der Waals surface area contributed by atoms with Crippen LogP contribution in [0.5, 0.6) is 0 Å².